The van der Waals surface area contributed by atoms with Crippen LogP contribution in [0.5, 0.6) is 0 Å². The number of allylic oxidation sites excluding steroid dienone is 1. The average Bonchev–Trinajstić information content (AvgIpc) is 3.50. The van der Waals surface area contributed by atoms with Gasteiger partial charge in [-0.1, -0.05) is 18.1 Å². The number of aliphatic hydroxyl groups excluding tert-OH is 1. The average molecular weight is 341 g/mol. The highest BCUT2D eigenvalue weighted by molar-refractivity contribution is 5.93. The lowest BCUT2D eigenvalue weighted by atomic mass is 9.92. The minimum atomic E-state index is -0.458. The van der Waals surface area contributed by atoms with E-state index in [9.17, 15) is 4.79 Å². The fourth-order valence-corrected chi connectivity index (χ4v) is 2.81. The fraction of sp³-hybridized carbons (Fsp3) is 0.450. The maximum absolute atomic E-state index is 12.4. The summed E-state index contributed by atoms with van der Waals surface area (Å²) in [7, 11) is 0. The molecule has 0 unspecified atom stereocenters. The summed E-state index contributed by atoms with van der Waals surface area (Å²) in [5.41, 5.74) is 1.92. The molecule has 0 bridgehead atoms. The molecule has 1 aromatic rings. The molecule has 2 heterocycles. The smallest absolute Gasteiger partial charge is 0.288 e. The van der Waals surface area contributed by atoms with E-state index in [1.165, 1.54) is 0 Å². The van der Waals surface area contributed by atoms with Crippen molar-refractivity contribution in [2.75, 3.05) is 26.3 Å². The molecule has 1 amide bonds. The van der Waals surface area contributed by atoms with Crippen LogP contribution in [0.15, 0.2) is 36.1 Å². The van der Waals surface area contributed by atoms with E-state index >= 15 is 0 Å². The van der Waals surface area contributed by atoms with E-state index in [4.69, 9.17) is 21.0 Å². The monoisotopic (exact) mass is 341 g/mol. The Hall–Kier alpha value is -2.29. The molecule has 2 aliphatic rings. The molecule has 2 atom stereocenters. The van der Waals surface area contributed by atoms with Gasteiger partial charge in [-0.25, -0.2) is 0 Å². The summed E-state index contributed by atoms with van der Waals surface area (Å²) < 4.78 is 11.6. The van der Waals surface area contributed by atoms with Crippen LogP contribution in [-0.4, -0.2) is 48.5 Å². The van der Waals surface area contributed by atoms with Gasteiger partial charge in [-0.3, -0.25) is 4.79 Å². The van der Waals surface area contributed by atoms with E-state index < -0.39 is 6.29 Å². The molecule has 1 fully saturated rings. The van der Waals surface area contributed by atoms with Gasteiger partial charge in [0.2, 0.25) is 6.29 Å². The SMILES string of the molecule is C#Cc1ccc([C@H]2C=C(C(=O)N3CC3)O[C@@H](OCCCCO)C2)cc1. The molecule has 1 saturated heterocycles. The third-order valence-electron chi connectivity index (χ3n) is 4.36. The summed E-state index contributed by atoms with van der Waals surface area (Å²) in [5.74, 6) is 2.94. The number of aliphatic hydroxyl groups is 1. The third kappa shape index (κ3) is 4.62. The first-order valence-electron chi connectivity index (χ1n) is 8.68. The number of unbranched alkanes of at least 4 members (excludes halogenated alkanes) is 1. The Balaban J connectivity index is 1.73. The van der Waals surface area contributed by atoms with Crippen molar-refractivity contribution in [3.63, 3.8) is 0 Å². The molecule has 0 aliphatic carbocycles. The number of rotatable bonds is 7. The second-order valence-corrected chi connectivity index (χ2v) is 6.28. The van der Waals surface area contributed by atoms with E-state index in [1.807, 2.05) is 30.3 Å². The van der Waals surface area contributed by atoms with E-state index in [0.29, 0.717) is 25.2 Å². The summed E-state index contributed by atoms with van der Waals surface area (Å²) in [5, 5.41) is 8.86. The number of hydrogen-bond donors (Lipinski definition) is 1. The van der Waals surface area contributed by atoms with Crippen LogP contribution in [0, 0.1) is 12.3 Å². The Labute approximate surface area is 148 Å². The molecule has 5 nitrogen and oxygen atoms in total. The molecule has 2 aliphatic heterocycles. The zero-order chi connectivity index (χ0) is 17.6. The Morgan fingerprint density at radius 1 is 1.32 bits per heavy atom. The van der Waals surface area contributed by atoms with Crippen molar-refractivity contribution in [1.82, 2.24) is 4.90 Å². The van der Waals surface area contributed by atoms with Gasteiger partial charge in [0.25, 0.3) is 5.91 Å². The first-order chi connectivity index (χ1) is 12.2. The summed E-state index contributed by atoms with van der Waals surface area (Å²) in [6, 6.07) is 7.79. The lowest BCUT2D eigenvalue weighted by molar-refractivity contribution is -0.149. The standard InChI is InChI=1S/C20H23NO4/c1-2-15-5-7-16(8-6-15)17-13-18(20(23)21-9-10-21)25-19(14-17)24-12-4-3-11-22/h1,5-8,13,17,19,22H,3-4,9-12,14H2/t17-,19+/m0/s1. The first-order valence-corrected chi connectivity index (χ1v) is 8.68. The third-order valence-corrected chi connectivity index (χ3v) is 4.36. The van der Waals surface area contributed by atoms with Crippen molar-refractivity contribution in [2.45, 2.75) is 31.5 Å². The van der Waals surface area contributed by atoms with Gasteiger partial charge in [-0.05, 0) is 36.6 Å². The van der Waals surface area contributed by atoms with Crippen molar-refractivity contribution in [3.8, 4) is 12.3 Å². The molecule has 1 aromatic carbocycles. The highest BCUT2D eigenvalue weighted by Crippen LogP contribution is 2.32. The highest BCUT2D eigenvalue weighted by Gasteiger charge is 2.34. The molecule has 1 N–H and O–H groups in total. The Bertz CT molecular complexity index is 670. The quantitative estimate of drug-likeness (QED) is 0.468. The van der Waals surface area contributed by atoms with Crippen LogP contribution in [0.4, 0.5) is 0 Å². The van der Waals surface area contributed by atoms with Crippen molar-refractivity contribution < 1.29 is 19.4 Å². The van der Waals surface area contributed by atoms with Gasteiger partial charge >= 0.3 is 0 Å². The second-order valence-electron chi connectivity index (χ2n) is 6.28. The molecule has 0 radical (unpaired) electrons. The van der Waals surface area contributed by atoms with E-state index in [2.05, 4.69) is 5.92 Å². The van der Waals surface area contributed by atoms with Gasteiger partial charge < -0.3 is 19.5 Å². The topological polar surface area (TPSA) is 58.8 Å². The van der Waals surface area contributed by atoms with Crippen LogP contribution in [0.1, 0.15) is 36.3 Å². The number of nitrogens with zero attached hydrogens (tertiary/aromatic N) is 1. The van der Waals surface area contributed by atoms with Gasteiger partial charge in [-0.15, -0.1) is 6.42 Å². The predicted molar refractivity (Wildman–Crippen MR) is 93.5 cm³/mol. The lowest BCUT2D eigenvalue weighted by Crippen LogP contribution is -2.29. The molecule has 25 heavy (non-hydrogen) atoms. The van der Waals surface area contributed by atoms with E-state index in [0.717, 1.165) is 30.6 Å². The number of benzene rings is 1. The normalized spacial score (nSPS) is 21.9. The Morgan fingerprint density at radius 2 is 2.08 bits per heavy atom. The Kier molecular flexibility index (Phi) is 5.75. The molecule has 3 rings (SSSR count). The van der Waals surface area contributed by atoms with Gasteiger partial charge in [0.1, 0.15) is 0 Å². The zero-order valence-electron chi connectivity index (χ0n) is 14.2. The maximum atomic E-state index is 12.4. The van der Waals surface area contributed by atoms with Gasteiger partial charge in [0.15, 0.2) is 5.76 Å². The van der Waals surface area contributed by atoms with Gasteiger partial charge in [0.05, 0.1) is 6.61 Å². The number of carbonyl (C=O) groups is 1. The number of ether oxygens (including phenoxy) is 2. The van der Waals surface area contributed by atoms with Gasteiger partial charge in [-0.2, -0.15) is 0 Å². The Morgan fingerprint density at radius 3 is 2.72 bits per heavy atom. The van der Waals surface area contributed by atoms with Crippen LogP contribution in [0.2, 0.25) is 0 Å². The number of hydrogen-bond acceptors (Lipinski definition) is 4. The molecular weight excluding hydrogens is 318 g/mol. The summed E-state index contributed by atoms with van der Waals surface area (Å²) in [6.07, 6.45) is 8.94. The zero-order valence-corrected chi connectivity index (χ0v) is 14.2. The van der Waals surface area contributed by atoms with Crippen LogP contribution in [-0.2, 0) is 14.3 Å². The molecule has 0 aromatic heterocycles. The molecule has 0 spiro atoms. The fourth-order valence-electron chi connectivity index (χ4n) is 2.81. The summed E-state index contributed by atoms with van der Waals surface area (Å²) in [6.45, 7) is 2.21. The molecule has 132 valence electrons. The van der Waals surface area contributed by atoms with Crippen molar-refractivity contribution in [2.24, 2.45) is 0 Å². The molecule has 5 heteroatoms. The summed E-state index contributed by atoms with van der Waals surface area (Å²) in [4.78, 5) is 14.1. The number of terminal acetylenes is 1. The van der Waals surface area contributed by atoms with Crippen molar-refractivity contribution in [1.29, 1.82) is 0 Å². The second kappa shape index (κ2) is 8.19. The predicted octanol–water partition coefficient (Wildman–Crippen LogP) is 2.01. The van der Waals surface area contributed by atoms with Crippen LogP contribution in [0.3, 0.4) is 0 Å². The summed E-state index contributed by atoms with van der Waals surface area (Å²) >= 11 is 0. The number of carbonyl (C=O) groups excluding carboxylic acids is 1. The van der Waals surface area contributed by atoms with Gasteiger partial charge in [0, 0.05) is 37.6 Å². The van der Waals surface area contributed by atoms with E-state index in [1.54, 1.807) is 4.90 Å². The molecule has 0 saturated carbocycles. The molecular formula is C20H23NO4. The first kappa shape index (κ1) is 17.5. The minimum Gasteiger partial charge on any atom is -0.459 e. The van der Waals surface area contributed by atoms with Crippen LogP contribution in [0.25, 0.3) is 0 Å². The van der Waals surface area contributed by atoms with E-state index in [-0.39, 0.29) is 18.4 Å². The van der Waals surface area contributed by atoms with Crippen molar-refractivity contribution >= 4 is 5.91 Å². The highest BCUT2D eigenvalue weighted by atomic mass is 16.7. The largest absolute Gasteiger partial charge is 0.459 e. The lowest BCUT2D eigenvalue weighted by Gasteiger charge is -2.29. The maximum Gasteiger partial charge on any atom is 0.288 e. The van der Waals surface area contributed by atoms with Crippen LogP contribution < -0.4 is 0 Å². The van der Waals surface area contributed by atoms with Crippen LogP contribution >= 0.6 is 0 Å². The van der Waals surface area contributed by atoms with Crippen molar-refractivity contribution in [3.05, 3.63) is 47.2 Å². The minimum absolute atomic E-state index is 0.0438. The number of amides is 1.